The van der Waals surface area contributed by atoms with Gasteiger partial charge in [0.15, 0.2) is 0 Å². The zero-order valence-corrected chi connectivity index (χ0v) is 22.0. The largest absolute Gasteiger partial charge is 0.292 e. The molecule has 2 aromatic heterocycles. The Morgan fingerprint density at radius 3 is 1.87 bits per heavy atom. The summed E-state index contributed by atoms with van der Waals surface area (Å²) in [6, 6.07) is 40.6. The van der Waals surface area contributed by atoms with Crippen LogP contribution in [0.5, 0.6) is 0 Å². The predicted molar refractivity (Wildman–Crippen MR) is 163 cm³/mol. The molecule has 0 saturated carbocycles. The van der Waals surface area contributed by atoms with E-state index in [1.165, 1.54) is 33.5 Å². The van der Waals surface area contributed by atoms with Crippen LogP contribution in [0.4, 0.5) is 0 Å². The molecule has 0 amide bonds. The van der Waals surface area contributed by atoms with Crippen LogP contribution >= 0.6 is 11.7 Å². The van der Waals surface area contributed by atoms with E-state index < -0.39 is 0 Å². The van der Waals surface area contributed by atoms with Crippen molar-refractivity contribution in [1.29, 1.82) is 0 Å². The second-order valence-corrected chi connectivity index (χ2v) is 10.4. The minimum Gasteiger partial charge on any atom is -0.292 e. The summed E-state index contributed by atoms with van der Waals surface area (Å²) in [5.74, 6) is 0.868. The van der Waals surface area contributed by atoms with Crippen LogP contribution in [0, 0.1) is 6.92 Å². The molecule has 0 spiro atoms. The number of aromatic nitrogens is 4. The first-order valence-corrected chi connectivity index (χ1v) is 13.7. The van der Waals surface area contributed by atoms with Gasteiger partial charge in [-0.3, -0.25) is 4.57 Å². The van der Waals surface area contributed by atoms with Crippen LogP contribution < -0.4 is 0 Å². The quantitative estimate of drug-likeness (QED) is 0.219. The summed E-state index contributed by atoms with van der Waals surface area (Å²) in [7, 11) is 0. The van der Waals surface area contributed by atoms with Crippen LogP contribution in [-0.4, -0.2) is 18.3 Å². The van der Waals surface area contributed by atoms with E-state index in [4.69, 9.17) is 13.7 Å². The molecule has 4 nitrogen and oxygen atoms in total. The number of aryl methyl sites for hydroxylation is 1. The molecule has 0 aliphatic heterocycles. The van der Waals surface area contributed by atoms with E-state index in [1.54, 1.807) is 0 Å². The van der Waals surface area contributed by atoms with E-state index >= 15 is 0 Å². The molecule has 0 fully saturated rings. The predicted octanol–water partition coefficient (Wildman–Crippen LogP) is 8.98. The topological polar surface area (TPSA) is 43.6 Å². The molecule has 0 saturated heterocycles. The second-order valence-electron chi connectivity index (χ2n) is 9.88. The lowest BCUT2D eigenvalue weighted by molar-refractivity contribution is 1.11. The van der Waals surface area contributed by atoms with Crippen molar-refractivity contribution < 1.29 is 0 Å². The maximum Gasteiger partial charge on any atom is 0.148 e. The van der Waals surface area contributed by atoms with Gasteiger partial charge in [0, 0.05) is 27.6 Å². The van der Waals surface area contributed by atoms with Gasteiger partial charge in [0.05, 0.1) is 22.8 Å². The summed E-state index contributed by atoms with van der Waals surface area (Å²) in [6.07, 6.45) is 0. The average molecular weight is 519 g/mol. The van der Waals surface area contributed by atoms with Crippen molar-refractivity contribution in [3.63, 3.8) is 0 Å². The molecule has 0 N–H and O–H groups in total. The van der Waals surface area contributed by atoms with Gasteiger partial charge in [-0.1, -0.05) is 103 Å². The van der Waals surface area contributed by atoms with E-state index in [0.29, 0.717) is 0 Å². The summed E-state index contributed by atoms with van der Waals surface area (Å²) < 4.78 is 11.9. The SMILES string of the molecule is Cc1ccc(-n2c(-c3ccc(-c4ccccc4)c4nsnc34)nc3c4ccccc4c4ccccc4c32)cc1. The van der Waals surface area contributed by atoms with Crippen molar-refractivity contribution in [2.24, 2.45) is 0 Å². The van der Waals surface area contributed by atoms with Crippen LogP contribution in [0.1, 0.15) is 5.56 Å². The highest BCUT2D eigenvalue weighted by Crippen LogP contribution is 2.41. The molecular weight excluding hydrogens is 496 g/mol. The number of rotatable bonds is 3. The van der Waals surface area contributed by atoms with Gasteiger partial charge in [-0.15, -0.1) is 0 Å². The van der Waals surface area contributed by atoms with Crippen LogP contribution in [0.25, 0.3) is 71.8 Å². The third-order valence-electron chi connectivity index (χ3n) is 7.57. The normalized spacial score (nSPS) is 11.7. The molecular formula is C34H22N4S. The Hall–Kier alpha value is -4.87. The third-order valence-corrected chi connectivity index (χ3v) is 8.09. The zero-order valence-electron chi connectivity index (χ0n) is 21.2. The molecule has 184 valence electrons. The fourth-order valence-corrected chi connectivity index (χ4v) is 6.30. The molecule has 2 heterocycles. The van der Waals surface area contributed by atoms with Crippen molar-refractivity contribution in [3.05, 3.63) is 121 Å². The van der Waals surface area contributed by atoms with Crippen LogP contribution in [0.15, 0.2) is 115 Å². The number of imidazole rings is 1. The van der Waals surface area contributed by atoms with Gasteiger partial charge >= 0.3 is 0 Å². The monoisotopic (exact) mass is 518 g/mol. The standard InChI is InChI=1S/C34H22N4S/c1-21-15-17-23(18-16-21)38-33-28-14-8-6-12-26(28)25-11-5-7-13-27(25)32(33)35-34(38)29-20-19-24(22-9-3-2-4-10-22)30-31(29)37-39-36-30/h2-20H,1H3. The summed E-state index contributed by atoms with van der Waals surface area (Å²) in [5, 5.41) is 4.76. The molecule has 0 aliphatic carbocycles. The smallest absolute Gasteiger partial charge is 0.148 e. The molecule has 0 aliphatic rings. The molecule has 39 heavy (non-hydrogen) atoms. The van der Waals surface area contributed by atoms with Gasteiger partial charge in [-0.2, -0.15) is 8.75 Å². The van der Waals surface area contributed by atoms with Crippen molar-refractivity contribution >= 4 is 55.3 Å². The third kappa shape index (κ3) is 3.33. The number of fused-ring (bicyclic) bond motifs is 7. The van der Waals surface area contributed by atoms with E-state index in [0.717, 1.165) is 55.7 Å². The summed E-state index contributed by atoms with van der Waals surface area (Å²) in [4.78, 5) is 5.39. The lowest BCUT2D eigenvalue weighted by Crippen LogP contribution is -1.99. The number of nitrogens with zero attached hydrogens (tertiary/aromatic N) is 4. The maximum absolute atomic E-state index is 5.39. The minimum atomic E-state index is 0.868. The van der Waals surface area contributed by atoms with Gasteiger partial charge in [0.2, 0.25) is 0 Å². The van der Waals surface area contributed by atoms with Crippen molar-refractivity contribution in [1.82, 2.24) is 18.3 Å². The Morgan fingerprint density at radius 1 is 0.538 bits per heavy atom. The van der Waals surface area contributed by atoms with Gasteiger partial charge in [0.1, 0.15) is 16.9 Å². The van der Waals surface area contributed by atoms with E-state index in [-0.39, 0.29) is 0 Å². The maximum atomic E-state index is 5.39. The van der Waals surface area contributed by atoms with Crippen molar-refractivity contribution in [2.45, 2.75) is 6.92 Å². The molecule has 5 heteroatoms. The van der Waals surface area contributed by atoms with Gasteiger partial charge in [0.25, 0.3) is 0 Å². The zero-order chi connectivity index (χ0) is 25.9. The Bertz CT molecular complexity index is 2170. The first kappa shape index (κ1) is 22.1. The number of hydrogen-bond donors (Lipinski definition) is 0. The number of hydrogen-bond acceptors (Lipinski definition) is 4. The van der Waals surface area contributed by atoms with E-state index in [9.17, 15) is 0 Å². The Kier molecular flexibility index (Phi) is 4.87. The van der Waals surface area contributed by atoms with Crippen molar-refractivity contribution in [3.8, 4) is 28.2 Å². The second kappa shape index (κ2) is 8.58. The lowest BCUT2D eigenvalue weighted by Gasteiger charge is -2.13. The summed E-state index contributed by atoms with van der Waals surface area (Å²) in [6.45, 7) is 2.12. The first-order valence-electron chi connectivity index (χ1n) is 13.0. The van der Waals surface area contributed by atoms with Gasteiger partial charge in [-0.25, -0.2) is 4.98 Å². The Labute approximate surface area is 229 Å². The van der Waals surface area contributed by atoms with Crippen molar-refractivity contribution in [2.75, 3.05) is 0 Å². The fourth-order valence-electron chi connectivity index (χ4n) is 5.73. The molecule has 6 aromatic carbocycles. The highest BCUT2D eigenvalue weighted by atomic mass is 32.1. The number of benzene rings is 6. The Balaban J connectivity index is 1.53. The average Bonchev–Trinajstić information content (AvgIpc) is 3.64. The molecule has 0 atom stereocenters. The fraction of sp³-hybridized carbons (Fsp3) is 0.0294. The van der Waals surface area contributed by atoms with Gasteiger partial charge in [-0.05, 0) is 41.5 Å². The highest BCUT2D eigenvalue weighted by molar-refractivity contribution is 7.00. The summed E-state index contributed by atoms with van der Waals surface area (Å²) >= 11 is 1.25. The summed E-state index contributed by atoms with van der Waals surface area (Å²) in [5.41, 5.74) is 9.35. The van der Waals surface area contributed by atoms with E-state index in [1.807, 2.05) is 6.07 Å². The van der Waals surface area contributed by atoms with Crippen LogP contribution in [0.3, 0.4) is 0 Å². The van der Waals surface area contributed by atoms with Crippen LogP contribution in [0.2, 0.25) is 0 Å². The minimum absolute atomic E-state index is 0.868. The van der Waals surface area contributed by atoms with Gasteiger partial charge < -0.3 is 0 Å². The Morgan fingerprint density at radius 2 is 1.13 bits per heavy atom. The van der Waals surface area contributed by atoms with Crippen LogP contribution in [-0.2, 0) is 0 Å². The lowest BCUT2D eigenvalue weighted by atomic mass is 10.00. The first-order chi connectivity index (χ1) is 19.3. The molecule has 0 bridgehead atoms. The molecule has 0 radical (unpaired) electrons. The molecule has 8 aromatic rings. The highest BCUT2D eigenvalue weighted by Gasteiger charge is 2.23. The van der Waals surface area contributed by atoms with E-state index in [2.05, 4.69) is 121 Å². The molecule has 0 unspecified atom stereocenters. The molecule has 8 rings (SSSR count).